The number of H-pyrrole nitrogens is 1. The predicted octanol–water partition coefficient (Wildman–Crippen LogP) is 4.53. The van der Waals surface area contributed by atoms with Crippen LogP contribution in [-0.2, 0) is 18.4 Å². The van der Waals surface area contributed by atoms with Gasteiger partial charge in [-0.2, -0.15) is 5.10 Å². The molecule has 0 spiro atoms. The summed E-state index contributed by atoms with van der Waals surface area (Å²) in [6.07, 6.45) is 4.22. The van der Waals surface area contributed by atoms with E-state index in [9.17, 15) is 0 Å². The van der Waals surface area contributed by atoms with E-state index < -0.39 is 6.29 Å². The average Bonchev–Trinajstić information content (AvgIpc) is 3.53. The Morgan fingerprint density at radius 1 is 1.18 bits per heavy atom. The molecule has 2 aliphatic rings. The summed E-state index contributed by atoms with van der Waals surface area (Å²) in [5, 5.41) is 12.4. The molecule has 11 nitrogen and oxygen atoms in total. The molecule has 0 radical (unpaired) electrons. The third kappa shape index (κ3) is 7.95. The molecule has 1 saturated carbocycles. The molecule has 218 valence electrons. The van der Waals surface area contributed by atoms with Crippen molar-refractivity contribution in [2.75, 3.05) is 51.5 Å². The van der Waals surface area contributed by atoms with E-state index in [1.165, 1.54) is 9.21 Å². The van der Waals surface area contributed by atoms with E-state index in [4.69, 9.17) is 23.1 Å². The van der Waals surface area contributed by atoms with Crippen LogP contribution >= 0.6 is 30.4 Å². The minimum Gasteiger partial charge on any atom is -0.488 e. The maximum atomic E-state index is 6.19. The highest BCUT2D eigenvalue weighted by molar-refractivity contribution is 14.2. The number of piperazine rings is 1. The predicted molar refractivity (Wildman–Crippen MR) is 164 cm³/mol. The summed E-state index contributed by atoms with van der Waals surface area (Å²) in [6.45, 7) is 7.93. The minimum absolute atomic E-state index is 0.0404. The fraction of sp³-hybridized carbons (Fsp3) is 0.593. The summed E-state index contributed by atoms with van der Waals surface area (Å²) >= 11 is 2.08. The lowest BCUT2D eigenvalue weighted by Gasteiger charge is -2.38. The van der Waals surface area contributed by atoms with Crippen molar-refractivity contribution < 1.29 is 23.1 Å². The Morgan fingerprint density at radius 3 is 2.85 bits per heavy atom. The standard InChI is InChI=1S/C27H37IN6O5S/c1-18-14-34(15-19(31-18)6-9-37-25(35-3)16-36-10-11-38-40-28)24-13-23(29-17-30-24)26-21-12-20(39-27(2)7-8-27)4-5-22(21)32-33-26/h4-5,12-13,17-19,25,31H,6-11,14-16H2,1-3H3,(H,32,33)/t18-,19+,25?/m0/s1. The van der Waals surface area contributed by atoms with Gasteiger partial charge in [0.25, 0.3) is 0 Å². The molecular weight excluding hydrogens is 647 g/mol. The highest BCUT2D eigenvalue weighted by Gasteiger charge is 2.40. The smallest absolute Gasteiger partial charge is 0.180 e. The number of nitrogens with zero attached hydrogens (tertiary/aromatic N) is 4. The minimum atomic E-state index is -0.407. The van der Waals surface area contributed by atoms with E-state index in [-0.39, 0.29) is 11.6 Å². The van der Waals surface area contributed by atoms with Crippen LogP contribution in [0.15, 0.2) is 30.6 Å². The van der Waals surface area contributed by atoms with E-state index in [1.807, 2.05) is 18.2 Å². The molecule has 40 heavy (non-hydrogen) atoms. The van der Waals surface area contributed by atoms with Crippen molar-refractivity contribution in [1.82, 2.24) is 25.5 Å². The van der Waals surface area contributed by atoms with Crippen molar-refractivity contribution in [3.05, 3.63) is 30.6 Å². The van der Waals surface area contributed by atoms with Gasteiger partial charge in [0.2, 0.25) is 0 Å². The number of rotatable bonds is 15. The van der Waals surface area contributed by atoms with Crippen LogP contribution in [0.1, 0.15) is 33.1 Å². The van der Waals surface area contributed by atoms with Crippen molar-refractivity contribution in [2.45, 2.75) is 57.1 Å². The average molecular weight is 685 g/mol. The van der Waals surface area contributed by atoms with E-state index in [2.05, 4.69) is 71.5 Å². The molecule has 2 aromatic heterocycles. The monoisotopic (exact) mass is 684 g/mol. The van der Waals surface area contributed by atoms with Gasteiger partial charge in [0, 0.05) is 64.9 Å². The van der Waals surface area contributed by atoms with E-state index in [1.54, 1.807) is 13.4 Å². The Balaban J connectivity index is 1.20. The van der Waals surface area contributed by atoms with Crippen molar-refractivity contribution >= 4 is 47.1 Å². The Morgan fingerprint density at radius 2 is 2.05 bits per heavy atom. The lowest BCUT2D eigenvalue weighted by Crippen LogP contribution is -2.56. The molecule has 5 rings (SSSR count). The van der Waals surface area contributed by atoms with E-state index in [0.29, 0.717) is 32.5 Å². The normalized spacial score (nSPS) is 21.1. The lowest BCUT2D eigenvalue weighted by molar-refractivity contribution is -0.159. The summed E-state index contributed by atoms with van der Waals surface area (Å²) in [5.74, 6) is 1.74. The molecule has 3 heterocycles. The lowest BCUT2D eigenvalue weighted by atomic mass is 10.1. The van der Waals surface area contributed by atoms with Gasteiger partial charge in [-0.1, -0.05) is 0 Å². The Hall–Kier alpha value is -1.75. The van der Waals surface area contributed by atoms with E-state index in [0.717, 1.165) is 66.2 Å². The van der Waals surface area contributed by atoms with Gasteiger partial charge in [-0.25, -0.2) is 9.97 Å². The van der Waals surface area contributed by atoms with Crippen LogP contribution in [0, 0.1) is 0 Å². The van der Waals surface area contributed by atoms with Gasteiger partial charge in [0.05, 0.1) is 46.9 Å². The third-order valence-electron chi connectivity index (χ3n) is 7.17. The van der Waals surface area contributed by atoms with Crippen LogP contribution in [-0.4, -0.2) is 90.8 Å². The number of ether oxygens (including phenoxy) is 4. The molecular formula is C27H37IN6O5S. The van der Waals surface area contributed by atoms with Gasteiger partial charge in [-0.3, -0.25) is 5.10 Å². The molecule has 2 fully saturated rings. The van der Waals surface area contributed by atoms with Gasteiger partial charge in [-0.15, -0.1) is 0 Å². The SMILES string of the molecule is COC(COCCOSI)OCC[C@@H]1CN(c2cc(-c3n[nH]c4ccc(OC5(C)CC5)cc34)ncn2)C[C@H](C)N1. The van der Waals surface area contributed by atoms with Gasteiger partial charge < -0.3 is 33.3 Å². The summed E-state index contributed by atoms with van der Waals surface area (Å²) in [5.41, 5.74) is 2.49. The van der Waals surface area contributed by atoms with Crippen LogP contribution < -0.4 is 15.0 Å². The van der Waals surface area contributed by atoms with Crippen molar-refractivity contribution in [2.24, 2.45) is 0 Å². The van der Waals surface area contributed by atoms with Crippen molar-refractivity contribution in [1.29, 1.82) is 0 Å². The Labute approximate surface area is 251 Å². The fourth-order valence-electron chi connectivity index (χ4n) is 4.83. The Bertz CT molecular complexity index is 1250. The second kappa shape index (κ2) is 13.9. The van der Waals surface area contributed by atoms with E-state index >= 15 is 0 Å². The first kappa shape index (κ1) is 29.7. The number of benzene rings is 1. The molecule has 1 unspecified atom stereocenters. The highest BCUT2D eigenvalue weighted by Crippen LogP contribution is 2.40. The van der Waals surface area contributed by atoms with Crippen LogP contribution in [0.2, 0.25) is 0 Å². The summed E-state index contributed by atoms with van der Waals surface area (Å²) in [6, 6.07) is 8.62. The fourth-order valence-corrected chi connectivity index (χ4v) is 5.50. The highest BCUT2D eigenvalue weighted by atomic mass is 127. The third-order valence-corrected chi connectivity index (χ3v) is 8.19. The second-order valence-corrected chi connectivity index (χ2v) is 12.0. The largest absolute Gasteiger partial charge is 0.488 e. The number of halogens is 1. The molecule has 1 saturated heterocycles. The number of nitrogens with one attached hydrogen (secondary N) is 2. The molecule has 2 N–H and O–H groups in total. The van der Waals surface area contributed by atoms with Crippen molar-refractivity contribution in [3.8, 4) is 17.1 Å². The first-order valence-electron chi connectivity index (χ1n) is 13.6. The number of fused-ring (bicyclic) bond motifs is 1. The quantitative estimate of drug-likeness (QED) is 0.102. The zero-order chi connectivity index (χ0) is 28.0. The molecule has 0 amide bonds. The number of hydrogen-bond donors (Lipinski definition) is 2. The zero-order valence-corrected chi connectivity index (χ0v) is 26.1. The molecule has 1 aromatic carbocycles. The first-order chi connectivity index (χ1) is 19.5. The summed E-state index contributed by atoms with van der Waals surface area (Å²) < 4.78 is 28.3. The van der Waals surface area contributed by atoms with Gasteiger partial charge >= 0.3 is 0 Å². The second-order valence-electron chi connectivity index (χ2n) is 10.5. The molecule has 1 aliphatic heterocycles. The number of anilines is 1. The molecule has 0 bridgehead atoms. The summed E-state index contributed by atoms with van der Waals surface area (Å²) in [4.78, 5) is 11.5. The topological polar surface area (TPSA) is 116 Å². The van der Waals surface area contributed by atoms with Crippen LogP contribution in [0.25, 0.3) is 22.3 Å². The molecule has 3 aromatic rings. The maximum Gasteiger partial charge on any atom is 0.180 e. The number of aromatic amines is 1. The molecule has 3 atom stereocenters. The van der Waals surface area contributed by atoms with Crippen LogP contribution in [0.3, 0.4) is 0 Å². The molecule has 13 heteroatoms. The maximum absolute atomic E-state index is 6.19. The number of methoxy groups -OCH3 is 1. The van der Waals surface area contributed by atoms with Crippen LogP contribution in [0.5, 0.6) is 5.75 Å². The van der Waals surface area contributed by atoms with Gasteiger partial charge in [0.15, 0.2) is 6.29 Å². The van der Waals surface area contributed by atoms with Crippen LogP contribution in [0.4, 0.5) is 5.82 Å². The zero-order valence-electron chi connectivity index (χ0n) is 23.1. The van der Waals surface area contributed by atoms with Gasteiger partial charge in [-0.05, 0) is 51.3 Å². The van der Waals surface area contributed by atoms with Crippen molar-refractivity contribution in [3.63, 3.8) is 0 Å². The number of aromatic nitrogens is 4. The molecule has 1 aliphatic carbocycles. The summed E-state index contributed by atoms with van der Waals surface area (Å²) in [7, 11) is 2.93. The Kier molecular flexibility index (Phi) is 10.4. The van der Waals surface area contributed by atoms with Gasteiger partial charge in [0.1, 0.15) is 29.2 Å². The number of hydrogen-bond acceptors (Lipinski definition) is 11. The first-order valence-corrected chi connectivity index (χ1v) is 16.9.